The van der Waals surface area contributed by atoms with Crippen molar-refractivity contribution >= 4 is 34.8 Å². The second-order valence-corrected chi connectivity index (χ2v) is 7.83. The zero-order chi connectivity index (χ0) is 19.1. The van der Waals surface area contributed by atoms with Crippen LogP contribution in [0.1, 0.15) is 31.9 Å². The van der Waals surface area contributed by atoms with Crippen LogP contribution >= 0.6 is 11.6 Å². The average molecular weight is 371 g/mol. The maximum atomic E-state index is 13.3. The minimum absolute atomic E-state index is 0.0317. The van der Waals surface area contributed by atoms with Gasteiger partial charge in [-0.25, -0.2) is 0 Å². The van der Waals surface area contributed by atoms with Crippen molar-refractivity contribution in [3.63, 3.8) is 0 Å². The Morgan fingerprint density at radius 2 is 1.88 bits per heavy atom. The van der Waals surface area contributed by atoms with Gasteiger partial charge in [-0.3, -0.25) is 9.59 Å². The predicted octanol–water partition coefficient (Wildman–Crippen LogP) is 4.59. The molecule has 0 saturated carbocycles. The van der Waals surface area contributed by atoms with Gasteiger partial charge in [0, 0.05) is 22.4 Å². The molecule has 136 valence electrons. The highest BCUT2D eigenvalue weighted by Gasteiger charge is 2.43. The number of benzene rings is 2. The van der Waals surface area contributed by atoms with Crippen molar-refractivity contribution < 1.29 is 9.59 Å². The number of para-hydroxylation sites is 1. The van der Waals surface area contributed by atoms with Crippen molar-refractivity contribution in [2.45, 2.75) is 40.2 Å². The number of nitrogens with one attached hydrogen (secondary N) is 1. The van der Waals surface area contributed by atoms with Gasteiger partial charge in [-0.05, 0) is 69.5 Å². The van der Waals surface area contributed by atoms with Gasteiger partial charge in [0.25, 0.3) is 0 Å². The molecule has 1 unspecified atom stereocenters. The van der Waals surface area contributed by atoms with Gasteiger partial charge >= 0.3 is 0 Å². The molecule has 4 nitrogen and oxygen atoms in total. The molecule has 0 fully saturated rings. The van der Waals surface area contributed by atoms with Gasteiger partial charge in [0.05, 0.1) is 0 Å². The molecule has 0 spiro atoms. The van der Waals surface area contributed by atoms with E-state index in [2.05, 4.69) is 5.32 Å². The van der Waals surface area contributed by atoms with E-state index in [1.165, 1.54) is 0 Å². The molecule has 1 atom stereocenters. The van der Waals surface area contributed by atoms with Crippen LogP contribution in [-0.2, 0) is 16.0 Å². The van der Waals surface area contributed by atoms with Crippen LogP contribution < -0.4 is 10.2 Å². The Bertz CT molecular complexity index is 876. The van der Waals surface area contributed by atoms with E-state index in [-0.39, 0.29) is 17.9 Å². The Labute approximate surface area is 159 Å². The summed E-state index contributed by atoms with van der Waals surface area (Å²) >= 11 is 5.97. The molecule has 1 aliphatic rings. The Balaban J connectivity index is 1.85. The van der Waals surface area contributed by atoms with E-state index in [0.717, 1.165) is 23.2 Å². The van der Waals surface area contributed by atoms with E-state index in [1.54, 1.807) is 36.9 Å². The van der Waals surface area contributed by atoms with Crippen molar-refractivity contribution in [2.75, 3.05) is 10.2 Å². The van der Waals surface area contributed by atoms with Gasteiger partial charge in [0.1, 0.15) is 5.41 Å². The van der Waals surface area contributed by atoms with E-state index in [4.69, 9.17) is 11.6 Å². The SMILES string of the molecule is Cc1cc(Cl)ccc1NC(=O)C(C)(C)C(=O)N1c2ccccc2CC1C. The zero-order valence-corrected chi connectivity index (χ0v) is 16.2. The molecule has 0 radical (unpaired) electrons. The second kappa shape index (κ2) is 6.76. The second-order valence-electron chi connectivity index (χ2n) is 7.40. The van der Waals surface area contributed by atoms with Crippen LogP contribution in [0.25, 0.3) is 0 Å². The first-order valence-corrected chi connectivity index (χ1v) is 9.09. The highest BCUT2D eigenvalue weighted by molar-refractivity contribution is 6.30. The van der Waals surface area contributed by atoms with Crippen LogP contribution in [0.15, 0.2) is 42.5 Å². The fourth-order valence-electron chi connectivity index (χ4n) is 3.32. The summed E-state index contributed by atoms with van der Waals surface area (Å²) in [5.41, 5.74) is 2.36. The van der Waals surface area contributed by atoms with Crippen molar-refractivity contribution in [1.82, 2.24) is 0 Å². The van der Waals surface area contributed by atoms with Crippen molar-refractivity contribution in [3.8, 4) is 0 Å². The van der Waals surface area contributed by atoms with Crippen LogP contribution in [-0.4, -0.2) is 17.9 Å². The Hall–Kier alpha value is -2.33. The Kier molecular flexibility index (Phi) is 4.80. The smallest absolute Gasteiger partial charge is 0.242 e. The number of hydrogen-bond donors (Lipinski definition) is 1. The molecule has 2 aromatic carbocycles. The third kappa shape index (κ3) is 3.21. The lowest BCUT2D eigenvalue weighted by Crippen LogP contribution is -2.49. The molecular weight excluding hydrogens is 348 g/mol. The number of fused-ring (bicyclic) bond motifs is 1. The van der Waals surface area contributed by atoms with E-state index >= 15 is 0 Å². The van der Waals surface area contributed by atoms with Crippen LogP contribution in [0, 0.1) is 12.3 Å². The fourth-order valence-corrected chi connectivity index (χ4v) is 3.55. The van der Waals surface area contributed by atoms with E-state index in [0.29, 0.717) is 10.7 Å². The summed E-state index contributed by atoms with van der Waals surface area (Å²) in [6.45, 7) is 7.22. The first kappa shape index (κ1) is 18.5. The number of nitrogens with zero attached hydrogens (tertiary/aromatic N) is 1. The molecule has 3 rings (SSSR count). The Morgan fingerprint density at radius 1 is 1.19 bits per heavy atom. The van der Waals surface area contributed by atoms with Gasteiger partial charge in [-0.2, -0.15) is 0 Å². The third-order valence-electron chi connectivity index (χ3n) is 4.97. The summed E-state index contributed by atoms with van der Waals surface area (Å²) in [6.07, 6.45) is 0.801. The first-order valence-electron chi connectivity index (χ1n) is 8.71. The van der Waals surface area contributed by atoms with Crippen LogP contribution in [0.2, 0.25) is 5.02 Å². The fraction of sp³-hybridized carbons (Fsp3) is 0.333. The highest BCUT2D eigenvalue weighted by Crippen LogP contribution is 2.36. The van der Waals surface area contributed by atoms with E-state index < -0.39 is 5.41 Å². The standard InChI is InChI=1S/C21H23ClN2O2/c1-13-11-16(22)9-10-17(13)23-19(25)21(3,4)20(26)24-14(2)12-15-7-5-6-8-18(15)24/h5-11,14H,12H2,1-4H3,(H,23,25). The third-order valence-corrected chi connectivity index (χ3v) is 5.20. The lowest BCUT2D eigenvalue weighted by molar-refractivity contribution is -0.136. The molecule has 26 heavy (non-hydrogen) atoms. The van der Waals surface area contributed by atoms with E-state index in [9.17, 15) is 9.59 Å². The van der Waals surface area contributed by atoms with Gasteiger partial charge in [0.15, 0.2) is 0 Å². The van der Waals surface area contributed by atoms with Crippen LogP contribution in [0.5, 0.6) is 0 Å². The number of anilines is 2. The minimum atomic E-state index is -1.20. The topological polar surface area (TPSA) is 49.4 Å². The van der Waals surface area contributed by atoms with Gasteiger partial charge in [-0.15, -0.1) is 0 Å². The monoisotopic (exact) mass is 370 g/mol. The quantitative estimate of drug-likeness (QED) is 0.803. The molecular formula is C21H23ClN2O2. The number of carbonyl (C=O) groups excluding carboxylic acids is 2. The molecule has 0 saturated heterocycles. The summed E-state index contributed by atoms with van der Waals surface area (Å²) < 4.78 is 0. The normalized spacial score (nSPS) is 16.3. The molecule has 0 aromatic heterocycles. The number of halogens is 1. The zero-order valence-electron chi connectivity index (χ0n) is 15.5. The predicted molar refractivity (Wildman–Crippen MR) is 106 cm³/mol. The number of hydrogen-bond acceptors (Lipinski definition) is 2. The lowest BCUT2D eigenvalue weighted by atomic mass is 9.89. The molecule has 2 amide bonds. The Morgan fingerprint density at radius 3 is 2.58 bits per heavy atom. The summed E-state index contributed by atoms with van der Waals surface area (Å²) in [6, 6.07) is 13.1. The minimum Gasteiger partial charge on any atom is -0.325 e. The van der Waals surface area contributed by atoms with Crippen molar-refractivity contribution in [3.05, 3.63) is 58.6 Å². The number of rotatable bonds is 3. The van der Waals surface area contributed by atoms with Crippen molar-refractivity contribution in [2.24, 2.45) is 5.41 Å². The molecule has 1 heterocycles. The summed E-state index contributed by atoms with van der Waals surface area (Å²) in [7, 11) is 0. The number of carbonyl (C=O) groups is 2. The lowest BCUT2D eigenvalue weighted by Gasteiger charge is -2.31. The maximum absolute atomic E-state index is 13.3. The van der Waals surface area contributed by atoms with Crippen LogP contribution in [0.4, 0.5) is 11.4 Å². The molecule has 0 aliphatic carbocycles. The first-order chi connectivity index (χ1) is 12.2. The maximum Gasteiger partial charge on any atom is 0.242 e. The molecule has 2 aromatic rings. The van der Waals surface area contributed by atoms with Gasteiger partial charge in [0.2, 0.25) is 11.8 Å². The summed E-state index contributed by atoms with van der Waals surface area (Å²) in [5, 5.41) is 3.49. The molecule has 5 heteroatoms. The van der Waals surface area contributed by atoms with E-state index in [1.807, 2.05) is 38.1 Å². The van der Waals surface area contributed by atoms with Crippen molar-refractivity contribution in [1.29, 1.82) is 0 Å². The number of aryl methyl sites for hydroxylation is 1. The molecule has 1 aliphatic heterocycles. The largest absolute Gasteiger partial charge is 0.325 e. The molecule has 1 N–H and O–H groups in total. The van der Waals surface area contributed by atoms with Crippen LogP contribution in [0.3, 0.4) is 0 Å². The van der Waals surface area contributed by atoms with Gasteiger partial charge in [-0.1, -0.05) is 29.8 Å². The summed E-state index contributed by atoms with van der Waals surface area (Å²) in [5.74, 6) is -0.524. The van der Waals surface area contributed by atoms with Gasteiger partial charge < -0.3 is 10.2 Å². The molecule has 0 bridgehead atoms. The average Bonchev–Trinajstić information content (AvgIpc) is 2.92. The highest BCUT2D eigenvalue weighted by atomic mass is 35.5. The summed E-state index contributed by atoms with van der Waals surface area (Å²) in [4.78, 5) is 27.9. The number of amides is 2.